The van der Waals surface area contributed by atoms with E-state index in [9.17, 15) is 9.90 Å². The summed E-state index contributed by atoms with van der Waals surface area (Å²) in [4.78, 5) is 11.4. The van der Waals surface area contributed by atoms with E-state index in [1.54, 1.807) is 0 Å². The highest BCUT2D eigenvalue weighted by atomic mass is 35.5. The molecule has 20 heavy (non-hydrogen) atoms. The normalized spacial score (nSPS) is 10.8. The van der Waals surface area contributed by atoms with Crippen molar-refractivity contribution in [2.24, 2.45) is 0 Å². The van der Waals surface area contributed by atoms with Crippen LogP contribution >= 0.6 is 11.6 Å². The molecule has 2 aromatic rings. The number of rotatable bonds is 4. The summed E-state index contributed by atoms with van der Waals surface area (Å²) in [6.45, 7) is 5.96. The van der Waals surface area contributed by atoms with Gasteiger partial charge in [-0.3, -0.25) is 0 Å². The van der Waals surface area contributed by atoms with Crippen LogP contribution in [0.3, 0.4) is 0 Å². The minimum Gasteiger partial charge on any atom is -0.478 e. The van der Waals surface area contributed by atoms with Crippen LogP contribution in [0.5, 0.6) is 0 Å². The van der Waals surface area contributed by atoms with Crippen molar-refractivity contribution in [3.63, 3.8) is 0 Å². The third kappa shape index (κ3) is 2.43. The Balaban J connectivity index is 2.66. The predicted octanol–water partition coefficient (Wildman–Crippen LogP) is 3.79. The SMILES string of the molecule is CCCc1nn(-c2cccc(C)c2C)c(Cl)c1C(=O)O. The van der Waals surface area contributed by atoms with E-state index >= 15 is 0 Å². The summed E-state index contributed by atoms with van der Waals surface area (Å²) >= 11 is 6.24. The molecule has 0 amide bonds. The molecule has 2 rings (SSSR count). The number of carbonyl (C=O) groups is 1. The van der Waals surface area contributed by atoms with E-state index in [-0.39, 0.29) is 10.7 Å². The van der Waals surface area contributed by atoms with Crippen LogP contribution in [-0.4, -0.2) is 20.9 Å². The Morgan fingerprint density at radius 2 is 2.10 bits per heavy atom. The van der Waals surface area contributed by atoms with Gasteiger partial charge in [0.25, 0.3) is 0 Å². The van der Waals surface area contributed by atoms with Gasteiger partial charge in [-0.2, -0.15) is 5.10 Å². The molecule has 0 unspecified atom stereocenters. The van der Waals surface area contributed by atoms with Crippen molar-refractivity contribution < 1.29 is 9.90 Å². The Bertz CT molecular complexity index is 662. The lowest BCUT2D eigenvalue weighted by atomic mass is 10.1. The highest BCUT2D eigenvalue weighted by molar-refractivity contribution is 6.33. The first kappa shape index (κ1) is 14.6. The van der Waals surface area contributed by atoms with Crippen LogP contribution in [0, 0.1) is 13.8 Å². The first-order valence-electron chi connectivity index (χ1n) is 6.54. The van der Waals surface area contributed by atoms with Crippen molar-refractivity contribution in [2.45, 2.75) is 33.6 Å². The summed E-state index contributed by atoms with van der Waals surface area (Å²) in [5, 5.41) is 13.9. The van der Waals surface area contributed by atoms with Crippen LogP contribution in [-0.2, 0) is 6.42 Å². The second kappa shape index (κ2) is 5.67. The van der Waals surface area contributed by atoms with Crippen molar-refractivity contribution in [3.05, 3.63) is 45.7 Å². The second-order valence-corrected chi connectivity index (χ2v) is 5.16. The van der Waals surface area contributed by atoms with Crippen molar-refractivity contribution in [1.82, 2.24) is 9.78 Å². The fraction of sp³-hybridized carbons (Fsp3) is 0.333. The van der Waals surface area contributed by atoms with Crippen LogP contribution in [0.15, 0.2) is 18.2 Å². The van der Waals surface area contributed by atoms with Gasteiger partial charge in [0.2, 0.25) is 0 Å². The van der Waals surface area contributed by atoms with E-state index in [2.05, 4.69) is 5.10 Å². The standard InChI is InChI=1S/C15H17ClN2O2/c1-4-6-11-13(15(19)20)14(16)18(17-11)12-8-5-7-9(2)10(12)3/h5,7-8H,4,6H2,1-3H3,(H,19,20). The fourth-order valence-electron chi connectivity index (χ4n) is 2.19. The number of hydrogen-bond acceptors (Lipinski definition) is 2. The Morgan fingerprint density at radius 1 is 1.40 bits per heavy atom. The zero-order valence-corrected chi connectivity index (χ0v) is 12.5. The minimum absolute atomic E-state index is 0.106. The molecule has 0 saturated carbocycles. The van der Waals surface area contributed by atoms with Gasteiger partial charge < -0.3 is 5.11 Å². The first-order chi connectivity index (χ1) is 9.47. The van der Waals surface area contributed by atoms with E-state index in [0.717, 1.165) is 23.2 Å². The van der Waals surface area contributed by atoms with Crippen molar-refractivity contribution in [3.8, 4) is 5.69 Å². The molecule has 0 aliphatic carbocycles. The summed E-state index contributed by atoms with van der Waals surface area (Å²) in [5.41, 5.74) is 3.61. The highest BCUT2D eigenvalue weighted by Crippen LogP contribution is 2.27. The lowest BCUT2D eigenvalue weighted by Gasteiger charge is -2.09. The van der Waals surface area contributed by atoms with Gasteiger partial charge in [0.1, 0.15) is 10.7 Å². The fourth-order valence-corrected chi connectivity index (χ4v) is 2.51. The molecular weight excluding hydrogens is 276 g/mol. The molecule has 1 N–H and O–H groups in total. The van der Waals surface area contributed by atoms with Crippen LogP contribution in [0.4, 0.5) is 0 Å². The third-order valence-corrected chi connectivity index (χ3v) is 3.76. The smallest absolute Gasteiger partial charge is 0.340 e. The minimum atomic E-state index is -1.03. The van der Waals surface area contributed by atoms with Gasteiger partial charge in [0.15, 0.2) is 0 Å². The average molecular weight is 293 g/mol. The van der Waals surface area contributed by atoms with E-state index in [0.29, 0.717) is 12.1 Å². The number of carboxylic acid groups (broad SMARTS) is 1. The average Bonchev–Trinajstić information content (AvgIpc) is 2.70. The summed E-state index contributed by atoms with van der Waals surface area (Å²) in [6.07, 6.45) is 1.42. The van der Waals surface area contributed by atoms with Crippen molar-refractivity contribution in [2.75, 3.05) is 0 Å². The maximum Gasteiger partial charge on any atom is 0.340 e. The zero-order valence-electron chi connectivity index (χ0n) is 11.8. The summed E-state index contributed by atoms with van der Waals surface area (Å²) in [7, 11) is 0. The van der Waals surface area contributed by atoms with Crippen LogP contribution in [0.1, 0.15) is 40.5 Å². The van der Waals surface area contributed by atoms with Gasteiger partial charge >= 0.3 is 5.97 Å². The molecule has 5 heteroatoms. The lowest BCUT2D eigenvalue weighted by molar-refractivity contribution is 0.0696. The van der Waals surface area contributed by atoms with Crippen LogP contribution in [0.25, 0.3) is 5.69 Å². The number of nitrogens with zero attached hydrogens (tertiary/aromatic N) is 2. The number of benzene rings is 1. The maximum absolute atomic E-state index is 11.4. The van der Waals surface area contributed by atoms with Crippen LogP contribution in [0.2, 0.25) is 5.15 Å². The number of carboxylic acids is 1. The van der Waals surface area contributed by atoms with Gasteiger partial charge in [-0.25, -0.2) is 9.48 Å². The second-order valence-electron chi connectivity index (χ2n) is 4.80. The van der Waals surface area contributed by atoms with Gasteiger partial charge in [-0.05, 0) is 37.5 Å². The molecule has 106 valence electrons. The van der Waals surface area contributed by atoms with Gasteiger partial charge in [0.05, 0.1) is 11.4 Å². The molecule has 0 spiro atoms. The molecule has 4 nitrogen and oxygen atoms in total. The molecule has 0 bridgehead atoms. The number of aromatic carboxylic acids is 1. The molecule has 0 aliphatic rings. The van der Waals surface area contributed by atoms with E-state index < -0.39 is 5.97 Å². The summed E-state index contributed by atoms with van der Waals surface area (Å²) in [6, 6.07) is 5.81. The van der Waals surface area contributed by atoms with Crippen molar-refractivity contribution >= 4 is 17.6 Å². The Hall–Kier alpha value is -1.81. The Labute approximate surface area is 123 Å². The lowest BCUT2D eigenvalue weighted by Crippen LogP contribution is -2.02. The molecular formula is C15H17ClN2O2. The van der Waals surface area contributed by atoms with Gasteiger partial charge in [0, 0.05) is 0 Å². The zero-order chi connectivity index (χ0) is 14.9. The van der Waals surface area contributed by atoms with E-state index in [1.807, 2.05) is 39.0 Å². The van der Waals surface area contributed by atoms with Gasteiger partial charge in [-0.15, -0.1) is 0 Å². The molecule has 0 atom stereocenters. The van der Waals surface area contributed by atoms with E-state index in [4.69, 9.17) is 11.6 Å². The van der Waals surface area contributed by atoms with Crippen molar-refractivity contribution in [1.29, 1.82) is 0 Å². The number of halogens is 1. The van der Waals surface area contributed by atoms with Gasteiger partial charge in [-0.1, -0.05) is 37.1 Å². The third-order valence-electron chi connectivity index (χ3n) is 3.41. The highest BCUT2D eigenvalue weighted by Gasteiger charge is 2.23. The molecule has 0 saturated heterocycles. The number of aryl methyl sites for hydroxylation is 2. The largest absolute Gasteiger partial charge is 0.478 e. The monoisotopic (exact) mass is 292 g/mol. The number of hydrogen-bond donors (Lipinski definition) is 1. The quantitative estimate of drug-likeness (QED) is 0.932. The van der Waals surface area contributed by atoms with Crippen LogP contribution < -0.4 is 0 Å². The summed E-state index contributed by atoms with van der Waals surface area (Å²) in [5.74, 6) is -1.03. The Morgan fingerprint density at radius 3 is 2.70 bits per heavy atom. The predicted molar refractivity (Wildman–Crippen MR) is 79.0 cm³/mol. The molecule has 0 fully saturated rings. The maximum atomic E-state index is 11.4. The number of aromatic nitrogens is 2. The molecule has 1 heterocycles. The Kier molecular flexibility index (Phi) is 4.14. The first-order valence-corrected chi connectivity index (χ1v) is 6.92. The molecule has 1 aromatic heterocycles. The molecule has 0 aliphatic heterocycles. The molecule has 0 radical (unpaired) electrons. The molecule has 1 aromatic carbocycles. The van der Waals surface area contributed by atoms with E-state index in [1.165, 1.54) is 4.68 Å². The topological polar surface area (TPSA) is 55.1 Å². The summed E-state index contributed by atoms with van der Waals surface area (Å²) < 4.78 is 1.53.